The van der Waals surface area contributed by atoms with Gasteiger partial charge in [0.25, 0.3) is 0 Å². The largest absolute Gasteiger partial charge is 0.509 e. The first-order valence-corrected chi connectivity index (χ1v) is 24.3. The highest BCUT2D eigenvalue weighted by molar-refractivity contribution is 6.01. The average Bonchev–Trinajstić information content (AvgIpc) is 3.71. The molecule has 16 rings (SSSR count). The molecule has 1 aromatic carbocycles. The van der Waals surface area contributed by atoms with Gasteiger partial charge in [0.05, 0.1) is 17.0 Å². The highest BCUT2D eigenvalue weighted by atomic mass is 16.6. The van der Waals surface area contributed by atoms with Gasteiger partial charge in [-0.1, -0.05) is 75.1 Å². The van der Waals surface area contributed by atoms with Gasteiger partial charge in [-0.3, -0.25) is 9.69 Å². The van der Waals surface area contributed by atoms with Crippen LogP contribution in [0.2, 0.25) is 0 Å². The number of aliphatic hydroxyl groups is 1. The molecule has 12 bridgehead atoms. The number of nitrogens with two attached hydrogens (primary N) is 1. The van der Waals surface area contributed by atoms with E-state index in [9.17, 15) is 9.90 Å². The molecule has 3 saturated carbocycles. The minimum absolute atomic E-state index is 0.159. The number of aliphatic hydroxyl groups excluding tert-OH is 1. The number of nitrogens with zero attached hydrogens (tertiary/aromatic N) is 2. The number of ether oxygens (including phenoxy) is 2. The number of hydrogen-bond acceptors (Lipinski definition) is 8. The molecule has 6 aliphatic carbocycles. The minimum Gasteiger partial charge on any atom is -0.509 e. The summed E-state index contributed by atoms with van der Waals surface area (Å²) in [7, 11) is 0. The molecule has 15 aliphatic rings. The van der Waals surface area contributed by atoms with Crippen LogP contribution in [0.15, 0.2) is 75.9 Å². The Labute approximate surface area is 355 Å². The fraction of sp³-hybridized carbons (Fsp3) is 0.654. The lowest BCUT2D eigenvalue weighted by Gasteiger charge is -2.72. The molecule has 0 amide bonds. The number of piperidine rings is 2. The molecule has 8 heteroatoms. The van der Waals surface area contributed by atoms with E-state index in [-0.39, 0.29) is 35.6 Å². The van der Waals surface area contributed by atoms with Gasteiger partial charge >= 0.3 is 11.9 Å². The molecule has 6 fully saturated rings. The van der Waals surface area contributed by atoms with Crippen molar-refractivity contribution in [2.45, 2.75) is 128 Å². The summed E-state index contributed by atoms with van der Waals surface area (Å²) in [4.78, 5) is 36.4. The maximum Gasteiger partial charge on any atom is 0.339 e. The number of fused-ring (bicyclic) bond motifs is 3. The maximum atomic E-state index is 15.9. The first-order chi connectivity index (χ1) is 29.2. The van der Waals surface area contributed by atoms with Gasteiger partial charge in [0.2, 0.25) is 0 Å². The molecule has 9 heterocycles. The van der Waals surface area contributed by atoms with Crippen LogP contribution in [-0.4, -0.2) is 65.1 Å². The highest BCUT2D eigenvalue weighted by Gasteiger charge is 2.93. The van der Waals surface area contributed by atoms with Crippen molar-refractivity contribution >= 4 is 11.9 Å². The Morgan fingerprint density at radius 3 is 2.70 bits per heavy atom. The molecule has 60 heavy (non-hydrogen) atoms. The van der Waals surface area contributed by atoms with Crippen molar-refractivity contribution in [1.29, 1.82) is 0 Å². The lowest BCUT2D eigenvalue weighted by molar-refractivity contribution is -0.279. The summed E-state index contributed by atoms with van der Waals surface area (Å²) >= 11 is 0. The van der Waals surface area contributed by atoms with Crippen LogP contribution in [0, 0.1) is 58.2 Å². The van der Waals surface area contributed by atoms with E-state index in [4.69, 9.17) is 15.2 Å². The van der Waals surface area contributed by atoms with Crippen molar-refractivity contribution in [2.75, 3.05) is 26.2 Å². The zero-order chi connectivity index (χ0) is 40.4. The number of allylic oxidation sites excluding steroid dienone is 5. The normalized spacial score (nSPS) is 44.4. The van der Waals surface area contributed by atoms with E-state index in [1.165, 1.54) is 60.8 Å². The number of aryl methyl sites for hydroxylation is 1. The van der Waals surface area contributed by atoms with E-state index in [2.05, 4.69) is 60.1 Å². The summed E-state index contributed by atoms with van der Waals surface area (Å²) in [5.74, 6) is 2.82. The molecule has 9 aliphatic heterocycles. The molecule has 0 aromatic heterocycles. The van der Waals surface area contributed by atoms with Gasteiger partial charge in [-0.25, -0.2) is 4.79 Å². The smallest absolute Gasteiger partial charge is 0.339 e. The lowest BCUT2D eigenvalue weighted by atomic mass is 9.28. The van der Waals surface area contributed by atoms with Crippen LogP contribution in [0.4, 0.5) is 0 Å². The van der Waals surface area contributed by atoms with Gasteiger partial charge < -0.3 is 25.2 Å². The lowest BCUT2D eigenvalue weighted by Crippen LogP contribution is -2.77. The quantitative estimate of drug-likeness (QED) is 0.291. The van der Waals surface area contributed by atoms with Crippen molar-refractivity contribution < 1.29 is 24.2 Å². The zero-order valence-electron chi connectivity index (χ0n) is 35.7. The molecule has 3 spiro atoms. The van der Waals surface area contributed by atoms with E-state index < -0.39 is 16.4 Å². The summed E-state index contributed by atoms with van der Waals surface area (Å²) in [6.07, 6.45) is 22.2. The van der Waals surface area contributed by atoms with Crippen molar-refractivity contribution in [1.82, 2.24) is 9.80 Å². The van der Waals surface area contributed by atoms with E-state index in [1.54, 1.807) is 5.70 Å². The Morgan fingerprint density at radius 1 is 0.983 bits per heavy atom. The third-order valence-electron chi connectivity index (χ3n) is 19.2. The SMILES string of the molecule is CC1CCC2=CC3C(C)CC4=C5C3C3=C2C26C(=O)OC(=C(O)CC(C7CCCCC7)N7CC8CC(C7)C(C=C4)N5C8)C2(CC3)C2(OC(=O)c3c(CCCN)cccc32)C6C1. The van der Waals surface area contributed by atoms with Crippen LogP contribution < -0.4 is 5.73 Å². The topological polar surface area (TPSA) is 105 Å². The average molecular weight is 810 g/mol. The van der Waals surface area contributed by atoms with Crippen molar-refractivity contribution in [2.24, 2.45) is 63.9 Å². The van der Waals surface area contributed by atoms with Crippen molar-refractivity contribution in [3.8, 4) is 0 Å². The molecule has 13 unspecified atom stereocenters. The van der Waals surface area contributed by atoms with Gasteiger partial charge in [-0.05, 0) is 135 Å². The molecule has 316 valence electrons. The number of esters is 2. The Kier molecular flexibility index (Phi) is 7.85. The second-order valence-corrected chi connectivity index (χ2v) is 21.9. The second-order valence-electron chi connectivity index (χ2n) is 21.9. The number of hydrogen-bond donors (Lipinski definition) is 2. The number of carbonyl (C=O) groups excluding carboxylic acids is 2. The maximum absolute atomic E-state index is 15.9. The zero-order valence-corrected chi connectivity index (χ0v) is 35.7. The summed E-state index contributed by atoms with van der Waals surface area (Å²) in [5, 5.41) is 13.2. The minimum atomic E-state index is -1.13. The number of rotatable bonds is 4. The van der Waals surface area contributed by atoms with Crippen LogP contribution in [0.25, 0.3) is 0 Å². The molecular weight excluding hydrogens is 747 g/mol. The molecule has 0 radical (unpaired) electrons. The monoisotopic (exact) mass is 809 g/mol. The second kappa shape index (κ2) is 12.7. The standard InChI is InChI=1S/C52H63N3O5/c1-28-13-14-33-23-37-29(2)21-34-15-16-39-35-22-30-25-54(27-35)40(31-8-4-3-5-9-31)24-41(56)47-50-18-17-36(44(37)46(34)55(39)26-30)45(33)51(50,49(58)59-47)42(20-28)52(50)38-12-6-10-32(11-7-19-53)43(38)48(57)60-52/h6,10,12,15-16,23,28-31,35,37,39-40,42,44,56H,3-5,7-9,11,13-14,17-22,24-27,53H2,1-2H3. The third kappa shape index (κ3) is 4.32. The van der Waals surface area contributed by atoms with E-state index in [1.807, 2.05) is 0 Å². The summed E-state index contributed by atoms with van der Waals surface area (Å²) in [6, 6.07) is 6.82. The number of benzene rings is 1. The summed E-state index contributed by atoms with van der Waals surface area (Å²) < 4.78 is 14.1. The summed E-state index contributed by atoms with van der Waals surface area (Å²) in [5.41, 5.74) is 12.5. The number of carbonyl (C=O) groups is 2. The van der Waals surface area contributed by atoms with Crippen LogP contribution in [-0.2, 0) is 26.3 Å². The Morgan fingerprint density at radius 2 is 1.85 bits per heavy atom. The molecule has 3 saturated heterocycles. The fourth-order valence-electron chi connectivity index (χ4n) is 17.3. The summed E-state index contributed by atoms with van der Waals surface area (Å²) in [6.45, 7) is 8.52. The first kappa shape index (κ1) is 37.0. The molecule has 8 nitrogen and oxygen atoms in total. The predicted molar refractivity (Wildman–Crippen MR) is 228 cm³/mol. The van der Waals surface area contributed by atoms with E-state index in [0.717, 1.165) is 69.3 Å². The van der Waals surface area contributed by atoms with Crippen LogP contribution in [0.5, 0.6) is 0 Å². The Balaban J connectivity index is 1.11. The van der Waals surface area contributed by atoms with Crippen LogP contribution >= 0.6 is 0 Å². The molecular formula is C52H63N3O5. The van der Waals surface area contributed by atoms with Gasteiger partial charge in [0.15, 0.2) is 11.4 Å². The van der Waals surface area contributed by atoms with Gasteiger partial charge in [0, 0.05) is 55.2 Å². The van der Waals surface area contributed by atoms with Gasteiger partial charge in [0.1, 0.15) is 11.2 Å². The van der Waals surface area contributed by atoms with Crippen molar-refractivity contribution in [3.63, 3.8) is 0 Å². The Hall–Kier alpha value is -3.62. The first-order valence-electron chi connectivity index (χ1n) is 24.3. The van der Waals surface area contributed by atoms with Crippen LogP contribution in [0.1, 0.15) is 125 Å². The van der Waals surface area contributed by atoms with Gasteiger partial charge in [-0.15, -0.1) is 0 Å². The molecule has 13 atom stereocenters. The van der Waals surface area contributed by atoms with Gasteiger partial charge in [-0.2, -0.15) is 0 Å². The fourth-order valence-corrected chi connectivity index (χ4v) is 17.3. The highest BCUT2D eigenvalue weighted by Crippen LogP contribution is 2.88. The predicted octanol–water partition coefficient (Wildman–Crippen LogP) is 8.79. The van der Waals surface area contributed by atoms with E-state index in [0.29, 0.717) is 78.7 Å². The molecule has 3 N–H and O–H groups in total. The molecule has 1 aromatic rings. The van der Waals surface area contributed by atoms with Crippen molar-refractivity contribution in [3.05, 3.63) is 92.6 Å². The Bertz CT molecular complexity index is 2280. The third-order valence-corrected chi connectivity index (χ3v) is 19.2. The van der Waals surface area contributed by atoms with E-state index >= 15 is 4.79 Å². The van der Waals surface area contributed by atoms with Crippen LogP contribution in [0.3, 0.4) is 0 Å².